The summed E-state index contributed by atoms with van der Waals surface area (Å²) in [7, 11) is 0. The van der Waals surface area contributed by atoms with Gasteiger partial charge in [-0.2, -0.15) is 0 Å². The Kier molecular flexibility index (Phi) is 3.43. The van der Waals surface area contributed by atoms with Crippen LogP contribution in [-0.4, -0.2) is 36.6 Å². The molecule has 1 saturated carbocycles. The molecule has 0 N–H and O–H groups in total. The molecule has 0 saturated heterocycles. The molecule has 0 bridgehead atoms. The normalized spacial score (nSPS) is 18.3. The molecule has 0 spiro atoms. The number of halogens is 2. The van der Waals surface area contributed by atoms with E-state index in [0.29, 0.717) is 18.5 Å². The van der Waals surface area contributed by atoms with Crippen LogP contribution in [0.3, 0.4) is 0 Å². The summed E-state index contributed by atoms with van der Waals surface area (Å²) < 4.78 is 11.9. The van der Waals surface area contributed by atoms with Gasteiger partial charge in [-0.3, -0.25) is 4.90 Å². The molecule has 0 amide bonds. The largest absolute Gasteiger partial charge is 0.297 e. The molecule has 0 aromatic rings. The molecule has 1 aliphatic carbocycles. The topological polar surface area (TPSA) is 3.24 Å². The fourth-order valence-electron chi connectivity index (χ4n) is 1.13. The lowest BCUT2D eigenvalue weighted by Gasteiger charge is -2.17. The van der Waals surface area contributed by atoms with Crippen LogP contribution in [-0.2, 0) is 0 Å². The molecule has 60 valence electrons. The minimum absolute atomic E-state index is 0.243. The van der Waals surface area contributed by atoms with E-state index >= 15 is 0 Å². The zero-order valence-electron chi connectivity index (χ0n) is 6.02. The fraction of sp³-hybridized carbons (Fsp3) is 1.00. The maximum Gasteiger partial charge on any atom is 0.102 e. The van der Waals surface area contributed by atoms with Crippen LogP contribution in [0.4, 0.5) is 4.39 Å². The third kappa shape index (κ3) is 2.43. The summed E-state index contributed by atoms with van der Waals surface area (Å²) in [5, 5.41) is 0. The summed E-state index contributed by atoms with van der Waals surface area (Å²) in [5.74, 6) is 0.622. The highest BCUT2D eigenvalue weighted by Crippen LogP contribution is 2.26. The van der Waals surface area contributed by atoms with E-state index in [0.717, 1.165) is 6.54 Å². The quantitative estimate of drug-likeness (QED) is 0.561. The van der Waals surface area contributed by atoms with Gasteiger partial charge in [0.05, 0.1) is 0 Å². The van der Waals surface area contributed by atoms with Gasteiger partial charge in [0.2, 0.25) is 0 Å². The molecule has 0 heterocycles. The van der Waals surface area contributed by atoms with Gasteiger partial charge in [-0.05, 0) is 12.8 Å². The third-order valence-electron chi connectivity index (χ3n) is 1.81. The minimum atomic E-state index is -0.243. The van der Waals surface area contributed by atoms with Crippen LogP contribution < -0.4 is 0 Å². The second kappa shape index (κ2) is 4.14. The van der Waals surface area contributed by atoms with Crippen molar-refractivity contribution in [2.75, 3.05) is 25.6 Å². The van der Waals surface area contributed by atoms with Gasteiger partial charge in [0, 0.05) is 25.0 Å². The van der Waals surface area contributed by atoms with Crippen molar-refractivity contribution >= 4 is 11.6 Å². The lowest BCUT2D eigenvalue weighted by Crippen LogP contribution is -2.30. The molecule has 1 rings (SSSR count). The van der Waals surface area contributed by atoms with E-state index in [4.69, 9.17) is 11.6 Å². The number of hydrogen-bond donors (Lipinski definition) is 0. The van der Waals surface area contributed by atoms with E-state index in [9.17, 15) is 4.39 Å². The van der Waals surface area contributed by atoms with E-state index in [2.05, 4.69) is 4.90 Å². The second-order valence-corrected chi connectivity index (χ2v) is 3.02. The zero-order chi connectivity index (χ0) is 7.40. The molecule has 1 fully saturated rings. The molecule has 1 aliphatic rings. The monoisotopic (exact) mass is 165 g/mol. The molecule has 0 aromatic heterocycles. The van der Waals surface area contributed by atoms with Crippen LogP contribution in [0.15, 0.2) is 0 Å². The van der Waals surface area contributed by atoms with Crippen molar-refractivity contribution in [3.05, 3.63) is 0 Å². The van der Waals surface area contributed by atoms with Crippen molar-refractivity contribution in [2.24, 2.45) is 0 Å². The van der Waals surface area contributed by atoms with Gasteiger partial charge < -0.3 is 0 Å². The fourth-order valence-corrected chi connectivity index (χ4v) is 1.35. The first-order valence-corrected chi connectivity index (χ1v) is 4.28. The molecular formula is C7H13ClFN. The van der Waals surface area contributed by atoms with Crippen LogP contribution in [0, 0.1) is 0 Å². The molecular weight excluding hydrogens is 153 g/mol. The van der Waals surface area contributed by atoms with E-state index in [-0.39, 0.29) is 6.67 Å². The Bertz CT molecular complexity index is 89.6. The molecule has 10 heavy (non-hydrogen) atoms. The van der Waals surface area contributed by atoms with E-state index in [1.54, 1.807) is 0 Å². The van der Waals surface area contributed by atoms with Gasteiger partial charge in [0.25, 0.3) is 0 Å². The maximum absolute atomic E-state index is 11.9. The Morgan fingerprint density at radius 3 is 2.50 bits per heavy atom. The number of alkyl halides is 2. The number of hydrogen-bond acceptors (Lipinski definition) is 1. The first-order valence-electron chi connectivity index (χ1n) is 3.74. The predicted molar refractivity (Wildman–Crippen MR) is 41.3 cm³/mol. The second-order valence-electron chi connectivity index (χ2n) is 2.65. The highest BCUT2D eigenvalue weighted by atomic mass is 35.5. The highest BCUT2D eigenvalue weighted by Gasteiger charge is 2.27. The lowest BCUT2D eigenvalue weighted by molar-refractivity contribution is 0.251. The van der Waals surface area contributed by atoms with Crippen LogP contribution >= 0.6 is 11.6 Å². The summed E-state index contributed by atoms with van der Waals surface area (Å²) in [6, 6.07) is 0.648. The van der Waals surface area contributed by atoms with Crippen molar-refractivity contribution in [3.8, 4) is 0 Å². The number of rotatable bonds is 5. The van der Waals surface area contributed by atoms with Crippen molar-refractivity contribution in [1.29, 1.82) is 0 Å². The van der Waals surface area contributed by atoms with E-state index in [1.807, 2.05) is 0 Å². The average molecular weight is 166 g/mol. The van der Waals surface area contributed by atoms with Gasteiger partial charge in [-0.1, -0.05) is 0 Å². The molecule has 0 unspecified atom stereocenters. The maximum atomic E-state index is 11.9. The SMILES string of the molecule is FCCN(CCCl)C1CC1. The molecule has 3 heteroatoms. The van der Waals surface area contributed by atoms with Crippen molar-refractivity contribution < 1.29 is 4.39 Å². The van der Waals surface area contributed by atoms with E-state index in [1.165, 1.54) is 12.8 Å². The van der Waals surface area contributed by atoms with Crippen LogP contribution in [0.5, 0.6) is 0 Å². The Morgan fingerprint density at radius 1 is 1.40 bits per heavy atom. The van der Waals surface area contributed by atoms with Crippen molar-refractivity contribution in [1.82, 2.24) is 4.90 Å². The summed E-state index contributed by atoms with van der Waals surface area (Å²) in [6.07, 6.45) is 2.47. The Hall–Kier alpha value is 0.180. The first kappa shape index (κ1) is 8.28. The third-order valence-corrected chi connectivity index (χ3v) is 1.98. The Morgan fingerprint density at radius 2 is 2.10 bits per heavy atom. The predicted octanol–water partition coefficient (Wildman–Crippen LogP) is 1.66. The summed E-state index contributed by atoms with van der Waals surface area (Å²) in [5.41, 5.74) is 0. The molecule has 0 atom stereocenters. The van der Waals surface area contributed by atoms with Gasteiger partial charge in [0.15, 0.2) is 0 Å². The Labute approximate surface area is 66.2 Å². The Balaban J connectivity index is 2.13. The standard InChI is InChI=1S/C7H13ClFN/c8-3-5-10(6-4-9)7-1-2-7/h7H,1-6H2. The summed E-state index contributed by atoms with van der Waals surface area (Å²) in [6.45, 7) is 1.17. The van der Waals surface area contributed by atoms with Gasteiger partial charge in [0.1, 0.15) is 6.67 Å². The molecule has 0 radical (unpaired) electrons. The smallest absolute Gasteiger partial charge is 0.102 e. The van der Waals surface area contributed by atoms with Crippen LogP contribution in [0.1, 0.15) is 12.8 Å². The minimum Gasteiger partial charge on any atom is -0.297 e. The van der Waals surface area contributed by atoms with Crippen LogP contribution in [0.25, 0.3) is 0 Å². The molecule has 1 nitrogen and oxygen atoms in total. The molecule has 0 aliphatic heterocycles. The summed E-state index contributed by atoms with van der Waals surface area (Å²) in [4.78, 5) is 2.13. The lowest BCUT2D eigenvalue weighted by atomic mass is 10.5. The number of nitrogens with zero attached hydrogens (tertiary/aromatic N) is 1. The van der Waals surface area contributed by atoms with Gasteiger partial charge in [-0.15, -0.1) is 11.6 Å². The van der Waals surface area contributed by atoms with Crippen molar-refractivity contribution in [2.45, 2.75) is 18.9 Å². The molecule has 0 aromatic carbocycles. The van der Waals surface area contributed by atoms with Gasteiger partial charge >= 0.3 is 0 Å². The van der Waals surface area contributed by atoms with E-state index < -0.39 is 0 Å². The van der Waals surface area contributed by atoms with Crippen molar-refractivity contribution in [3.63, 3.8) is 0 Å². The highest BCUT2D eigenvalue weighted by molar-refractivity contribution is 6.18. The average Bonchev–Trinajstić information content (AvgIpc) is 2.69. The first-order chi connectivity index (χ1) is 4.88. The summed E-state index contributed by atoms with van der Waals surface area (Å²) >= 11 is 5.54. The zero-order valence-corrected chi connectivity index (χ0v) is 6.78. The van der Waals surface area contributed by atoms with Gasteiger partial charge in [-0.25, -0.2) is 4.39 Å². The van der Waals surface area contributed by atoms with Crippen LogP contribution in [0.2, 0.25) is 0 Å².